The van der Waals surface area contributed by atoms with E-state index in [4.69, 9.17) is 16.3 Å². The van der Waals surface area contributed by atoms with E-state index in [-0.39, 0.29) is 0 Å². The number of halogens is 1. The lowest BCUT2D eigenvalue weighted by Gasteiger charge is -2.03. The zero-order valence-electron chi connectivity index (χ0n) is 11.2. The minimum absolute atomic E-state index is 0.669. The number of carbonyl (C=O) groups is 1. The van der Waals surface area contributed by atoms with Crippen LogP contribution in [0.2, 0.25) is 5.02 Å². The van der Waals surface area contributed by atoms with Crippen molar-refractivity contribution in [3.63, 3.8) is 0 Å². The molecule has 0 bridgehead atoms. The van der Waals surface area contributed by atoms with Crippen molar-refractivity contribution in [3.05, 3.63) is 70.8 Å². The Hall–Kier alpha value is -2.06. The number of methoxy groups -OCH3 is 1. The van der Waals surface area contributed by atoms with Gasteiger partial charge in [-0.05, 0) is 41.8 Å². The fourth-order valence-corrected chi connectivity index (χ4v) is 1.99. The Balaban J connectivity index is 2.15. The van der Waals surface area contributed by atoms with E-state index in [1.807, 2.05) is 54.6 Å². The molecular weight excluding hydrogens is 272 g/mol. The molecule has 0 radical (unpaired) electrons. The zero-order valence-corrected chi connectivity index (χ0v) is 11.9. The lowest BCUT2D eigenvalue weighted by Crippen LogP contribution is -1.89. The Morgan fingerprint density at radius 2 is 1.75 bits per heavy atom. The number of hydrogen-bond acceptors (Lipinski definition) is 2. The molecule has 0 fully saturated rings. The Morgan fingerprint density at radius 1 is 1.10 bits per heavy atom. The second-order valence-electron chi connectivity index (χ2n) is 4.34. The summed E-state index contributed by atoms with van der Waals surface area (Å²) in [4.78, 5) is 11.2. The Kier molecular flexibility index (Phi) is 4.97. The van der Waals surface area contributed by atoms with Crippen molar-refractivity contribution in [1.82, 2.24) is 0 Å². The molecule has 0 spiro atoms. The van der Waals surface area contributed by atoms with Crippen LogP contribution in [0.3, 0.4) is 0 Å². The number of allylic oxidation sites excluding steroid dienone is 2. The lowest BCUT2D eigenvalue weighted by molar-refractivity contribution is -0.103. The minimum Gasteiger partial charge on any atom is -0.497 e. The highest BCUT2D eigenvalue weighted by atomic mass is 35.5. The van der Waals surface area contributed by atoms with E-state index >= 15 is 0 Å². The molecule has 3 heteroatoms. The van der Waals surface area contributed by atoms with E-state index in [0.29, 0.717) is 17.0 Å². The van der Waals surface area contributed by atoms with E-state index in [1.54, 1.807) is 7.11 Å². The number of benzene rings is 2. The first kappa shape index (κ1) is 14.4. The molecule has 0 saturated heterocycles. The van der Waals surface area contributed by atoms with Crippen LogP contribution in [0, 0.1) is 0 Å². The van der Waals surface area contributed by atoms with Gasteiger partial charge >= 0.3 is 0 Å². The second-order valence-corrected chi connectivity index (χ2v) is 4.77. The van der Waals surface area contributed by atoms with E-state index in [2.05, 4.69) is 0 Å². The number of aldehydes is 1. The van der Waals surface area contributed by atoms with Gasteiger partial charge in [0.05, 0.1) is 7.11 Å². The molecule has 0 saturated carbocycles. The Morgan fingerprint density at radius 3 is 2.30 bits per heavy atom. The molecule has 2 rings (SSSR count). The maximum Gasteiger partial charge on any atom is 0.150 e. The molecule has 2 aromatic rings. The molecule has 0 unspecified atom stereocenters. The third-order valence-electron chi connectivity index (χ3n) is 3.02. The van der Waals surface area contributed by atoms with Gasteiger partial charge < -0.3 is 4.74 Å². The van der Waals surface area contributed by atoms with E-state index in [1.165, 1.54) is 0 Å². The van der Waals surface area contributed by atoms with Crippen LogP contribution in [0.15, 0.2) is 54.6 Å². The summed E-state index contributed by atoms with van der Waals surface area (Å²) in [7, 11) is 1.62. The first-order valence-electron chi connectivity index (χ1n) is 6.27. The Labute approximate surface area is 123 Å². The number of hydrogen-bond donors (Lipinski definition) is 0. The third-order valence-corrected chi connectivity index (χ3v) is 3.27. The largest absolute Gasteiger partial charge is 0.497 e. The second kappa shape index (κ2) is 6.92. The van der Waals surface area contributed by atoms with Crippen molar-refractivity contribution >= 4 is 23.5 Å². The summed E-state index contributed by atoms with van der Waals surface area (Å²) in [6, 6.07) is 15.0. The molecule has 0 aliphatic carbocycles. The monoisotopic (exact) mass is 286 g/mol. The molecular formula is C17H15ClO2. The molecule has 0 aliphatic heterocycles. The van der Waals surface area contributed by atoms with Crippen LogP contribution in [0.1, 0.15) is 11.1 Å². The summed E-state index contributed by atoms with van der Waals surface area (Å²) in [6.07, 6.45) is 3.48. The summed E-state index contributed by atoms with van der Waals surface area (Å²) in [5.41, 5.74) is 2.67. The van der Waals surface area contributed by atoms with Crippen molar-refractivity contribution < 1.29 is 9.53 Å². The summed E-state index contributed by atoms with van der Waals surface area (Å²) in [5, 5.41) is 0.712. The van der Waals surface area contributed by atoms with Crippen molar-refractivity contribution in [2.75, 3.05) is 7.11 Å². The van der Waals surface area contributed by atoms with Crippen molar-refractivity contribution in [1.29, 1.82) is 0 Å². The van der Waals surface area contributed by atoms with Gasteiger partial charge in [-0.2, -0.15) is 0 Å². The number of carbonyl (C=O) groups excluding carboxylic acids is 1. The van der Waals surface area contributed by atoms with Crippen LogP contribution in [0.25, 0.3) is 5.57 Å². The highest BCUT2D eigenvalue weighted by Gasteiger charge is 2.01. The van der Waals surface area contributed by atoms with Crippen LogP contribution in [0.4, 0.5) is 0 Å². The highest BCUT2D eigenvalue weighted by Crippen LogP contribution is 2.18. The van der Waals surface area contributed by atoms with Crippen molar-refractivity contribution in [3.8, 4) is 5.75 Å². The van der Waals surface area contributed by atoms with Crippen LogP contribution in [-0.2, 0) is 11.2 Å². The maximum absolute atomic E-state index is 11.2. The summed E-state index contributed by atoms with van der Waals surface area (Å²) in [5.74, 6) is 0.775. The zero-order chi connectivity index (χ0) is 14.4. The molecule has 0 amide bonds. The standard InChI is InChI=1S/C17H15ClO2/c1-20-17-10-6-14(7-11-17)15(12-19)5-2-13-3-8-16(18)9-4-13/h3-12H,2H2,1H3. The van der Waals surface area contributed by atoms with Gasteiger partial charge in [0.2, 0.25) is 0 Å². The topological polar surface area (TPSA) is 26.3 Å². The molecule has 102 valence electrons. The number of ether oxygens (including phenoxy) is 1. The molecule has 0 aliphatic rings. The highest BCUT2D eigenvalue weighted by molar-refractivity contribution is 6.30. The van der Waals surface area contributed by atoms with E-state index in [0.717, 1.165) is 23.2 Å². The molecule has 20 heavy (non-hydrogen) atoms. The average molecular weight is 287 g/mol. The molecule has 0 heterocycles. The van der Waals surface area contributed by atoms with Gasteiger partial charge in [0, 0.05) is 10.6 Å². The quantitative estimate of drug-likeness (QED) is 0.609. The number of rotatable bonds is 5. The van der Waals surface area contributed by atoms with Crippen LogP contribution in [-0.4, -0.2) is 13.4 Å². The third kappa shape index (κ3) is 3.72. The van der Waals surface area contributed by atoms with Crippen molar-refractivity contribution in [2.24, 2.45) is 0 Å². The average Bonchev–Trinajstić information content (AvgIpc) is 2.50. The Bertz CT molecular complexity index is 598. The fourth-order valence-electron chi connectivity index (χ4n) is 1.87. The first-order valence-corrected chi connectivity index (χ1v) is 6.65. The molecule has 2 aromatic carbocycles. The van der Waals surface area contributed by atoms with E-state index < -0.39 is 0 Å². The first-order chi connectivity index (χ1) is 9.72. The van der Waals surface area contributed by atoms with E-state index in [9.17, 15) is 4.79 Å². The van der Waals surface area contributed by atoms with Gasteiger partial charge in [-0.3, -0.25) is 4.79 Å². The molecule has 0 N–H and O–H groups in total. The van der Waals surface area contributed by atoms with Gasteiger partial charge in [0.1, 0.15) is 12.0 Å². The van der Waals surface area contributed by atoms with Gasteiger partial charge in [-0.25, -0.2) is 0 Å². The van der Waals surface area contributed by atoms with Crippen LogP contribution < -0.4 is 4.74 Å². The van der Waals surface area contributed by atoms with Crippen LogP contribution in [0.5, 0.6) is 5.75 Å². The molecule has 2 nitrogen and oxygen atoms in total. The summed E-state index contributed by atoms with van der Waals surface area (Å²) >= 11 is 5.84. The van der Waals surface area contributed by atoms with Gasteiger partial charge in [0.25, 0.3) is 0 Å². The molecule has 0 aromatic heterocycles. The SMILES string of the molecule is COc1ccc(C(C=O)=CCc2ccc(Cl)cc2)cc1. The fraction of sp³-hybridized carbons (Fsp3) is 0.118. The van der Waals surface area contributed by atoms with Gasteiger partial charge in [-0.15, -0.1) is 0 Å². The predicted molar refractivity (Wildman–Crippen MR) is 82.2 cm³/mol. The smallest absolute Gasteiger partial charge is 0.150 e. The van der Waals surface area contributed by atoms with Crippen LogP contribution >= 0.6 is 11.6 Å². The predicted octanol–water partition coefficient (Wildman–Crippen LogP) is 4.17. The lowest BCUT2D eigenvalue weighted by atomic mass is 10.0. The minimum atomic E-state index is 0.669. The van der Waals surface area contributed by atoms with Gasteiger partial charge in [0.15, 0.2) is 0 Å². The summed E-state index contributed by atoms with van der Waals surface area (Å²) in [6.45, 7) is 0. The van der Waals surface area contributed by atoms with Crippen molar-refractivity contribution in [2.45, 2.75) is 6.42 Å². The van der Waals surface area contributed by atoms with Gasteiger partial charge in [-0.1, -0.05) is 41.9 Å². The maximum atomic E-state index is 11.2. The molecule has 0 atom stereocenters. The normalized spacial score (nSPS) is 11.2. The summed E-state index contributed by atoms with van der Waals surface area (Å²) < 4.78 is 5.10.